The van der Waals surface area contributed by atoms with Crippen molar-refractivity contribution in [2.75, 3.05) is 11.9 Å². The van der Waals surface area contributed by atoms with Gasteiger partial charge < -0.3 is 16.0 Å². The summed E-state index contributed by atoms with van der Waals surface area (Å²) in [4.78, 5) is 27.9. The second kappa shape index (κ2) is 9.81. The van der Waals surface area contributed by atoms with Gasteiger partial charge in [0.25, 0.3) is 0 Å². The number of halogens is 2. The monoisotopic (exact) mass is 374 g/mol. The zero-order chi connectivity index (χ0) is 15.4. The number of hydrogen-bond acceptors (Lipinski definition) is 4. The molecule has 1 saturated heterocycles. The Balaban J connectivity index is 0.00000144. The first-order valence-corrected chi connectivity index (χ1v) is 7.96. The van der Waals surface area contributed by atoms with Gasteiger partial charge in [-0.1, -0.05) is 12.8 Å². The van der Waals surface area contributed by atoms with Crippen LogP contribution in [0, 0.1) is 5.92 Å². The molecule has 8 heteroatoms. The predicted molar refractivity (Wildman–Crippen MR) is 97.7 cm³/mol. The molecule has 1 saturated carbocycles. The van der Waals surface area contributed by atoms with E-state index in [1.54, 1.807) is 24.5 Å². The summed E-state index contributed by atoms with van der Waals surface area (Å²) in [5, 5.41) is 8.83. The predicted octanol–water partition coefficient (Wildman–Crippen LogP) is 1.90. The SMILES string of the molecule is Cl.Cl.O=C(CNC(=O)C1CC2CCCCC2N1)Nc1cccnc1. The Hall–Kier alpha value is -1.37. The van der Waals surface area contributed by atoms with Gasteiger partial charge in [0.05, 0.1) is 24.5 Å². The van der Waals surface area contributed by atoms with Crippen molar-refractivity contribution in [1.29, 1.82) is 0 Å². The Morgan fingerprint density at radius 2 is 2.04 bits per heavy atom. The number of rotatable bonds is 4. The highest BCUT2D eigenvalue weighted by molar-refractivity contribution is 5.95. The van der Waals surface area contributed by atoms with E-state index in [0.29, 0.717) is 17.6 Å². The normalized spacial score (nSPS) is 24.8. The van der Waals surface area contributed by atoms with Crippen molar-refractivity contribution in [2.45, 2.75) is 44.2 Å². The largest absolute Gasteiger partial charge is 0.346 e. The van der Waals surface area contributed by atoms with E-state index < -0.39 is 0 Å². The Bertz CT molecular complexity index is 530. The third-order valence-electron chi connectivity index (χ3n) is 4.55. The first-order chi connectivity index (χ1) is 10.7. The van der Waals surface area contributed by atoms with Gasteiger partial charge in [0.2, 0.25) is 11.8 Å². The molecule has 3 atom stereocenters. The van der Waals surface area contributed by atoms with Crippen molar-refractivity contribution in [3.05, 3.63) is 24.5 Å². The van der Waals surface area contributed by atoms with Crippen LogP contribution in [0.5, 0.6) is 0 Å². The third-order valence-corrected chi connectivity index (χ3v) is 4.55. The van der Waals surface area contributed by atoms with E-state index in [0.717, 1.165) is 12.8 Å². The molecule has 6 nitrogen and oxygen atoms in total. The molecule has 2 aliphatic rings. The first kappa shape index (κ1) is 20.7. The summed E-state index contributed by atoms with van der Waals surface area (Å²) in [5.74, 6) is 0.307. The average Bonchev–Trinajstić information content (AvgIpc) is 2.98. The zero-order valence-electron chi connectivity index (χ0n) is 13.4. The summed E-state index contributed by atoms with van der Waals surface area (Å²) in [6, 6.07) is 3.84. The van der Waals surface area contributed by atoms with Crippen LogP contribution in [0.2, 0.25) is 0 Å². The lowest BCUT2D eigenvalue weighted by atomic mass is 9.85. The second-order valence-corrected chi connectivity index (χ2v) is 6.11. The molecule has 1 aromatic rings. The van der Waals surface area contributed by atoms with Crippen LogP contribution in [0.3, 0.4) is 0 Å². The molecule has 0 spiro atoms. The molecule has 2 fully saturated rings. The summed E-state index contributed by atoms with van der Waals surface area (Å²) in [6.45, 7) is -0.0127. The Labute approximate surface area is 154 Å². The highest BCUT2D eigenvalue weighted by Crippen LogP contribution is 2.33. The van der Waals surface area contributed by atoms with Crippen LogP contribution in [-0.4, -0.2) is 35.4 Å². The molecule has 3 unspecified atom stereocenters. The quantitative estimate of drug-likeness (QED) is 0.751. The standard InChI is InChI=1S/C16H22N4O2.2ClH/c21-15(19-12-5-3-7-17-9-12)10-18-16(22)14-8-11-4-1-2-6-13(11)20-14;;/h3,5,7,9,11,13-14,20H,1-2,4,6,8,10H2,(H,18,22)(H,19,21);2*1H. The van der Waals surface area contributed by atoms with Crippen LogP contribution in [-0.2, 0) is 9.59 Å². The number of pyridine rings is 1. The lowest BCUT2D eigenvalue weighted by Crippen LogP contribution is -2.45. The van der Waals surface area contributed by atoms with Gasteiger partial charge in [-0.3, -0.25) is 14.6 Å². The Morgan fingerprint density at radius 1 is 1.25 bits per heavy atom. The molecule has 1 aromatic heterocycles. The molecule has 3 rings (SSSR count). The summed E-state index contributed by atoms with van der Waals surface area (Å²) in [5.41, 5.74) is 0.631. The van der Waals surface area contributed by atoms with Gasteiger partial charge in [-0.2, -0.15) is 0 Å². The maximum atomic E-state index is 12.2. The van der Waals surface area contributed by atoms with Crippen LogP contribution in [0.15, 0.2) is 24.5 Å². The van der Waals surface area contributed by atoms with Crippen molar-refractivity contribution in [2.24, 2.45) is 5.92 Å². The smallest absolute Gasteiger partial charge is 0.243 e. The number of nitrogens with zero attached hydrogens (tertiary/aromatic N) is 1. The van der Waals surface area contributed by atoms with Crippen molar-refractivity contribution < 1.29 is 9.59 Å². The van der Waals surface area contributed by atoms with E-state index >= 15 is 0 Å². The number of aromatic nitrogens is 1. The number of hydrogen-bond donors (Lipinski definition) is 3. The Morgan fingerprint density at radius 3 is 2.75 bits per heavy atom. The topological polar surface area (TPSA) is 83.1 Å². The minimum atomic E-state index is -0.239. The van der Waals surface area contributed by atoms with E-state index in [9.17, 15) is 9.59 Å². The summed E-state index contributed by atoms with van der Waals surface area (Å²) in [6.07, 6.45) is 8.99. The molecule has 1 aliphatic carbocycles. The van der Waals surface area contributed by atoms with Crippen LogP contribution in [0.1, 0.15) is 32.1 Å². The fraction of sp³-hybridized carbons (Fsp3) is 0.562. The summed E-state index contributed by atoms with van der Waals surface area (Å²) < 4.78 is 0. The second-order valence-electron chi connectivity index (χ2n) is 6.11. The number of fused-ring (bicyclic) bond motifs is 1. The number of nitrogens with one attached hydrogen (secondary N) is 3. The third kappa shape index (κ3) is 5.33. The van der Waals surface area contributed by atoms with E-state index in [4.69, 9.17) is 0 Å². The number of carbonyl (C=O) groups excluding carboxylic acids is 2. The molecule has 0 aromatic carbocycles. The number of amides is 2. The van der Waals surface area contributed by atoms with Gasteiger partial charge in [-0.15, -0.1) is 24.8 Å². The Kier molecular flexibility index (Phi) is 8.45. The van der Waals surface area contributed by atoms with E-state index in [-0.39, 0.29) is 49.2 Å². The molecule has 1 aliphatic heterocycles. The highest BCUT2D eigenvalue weighted by atomic mass is 35.5. The van der Waals surface area contributed by atoms with Crippen LogP contribution >= 0.6 is 24.8 Å². The van der Waals surface area contributed by atoms with E-state index in [1.165, 1.54) is 19.3 Å². The maximum absolute atomic E-state index is 12.2. The average molecular weight is 375 g/mol. The van der Waals surface area contributed by atoms with Crippen LogP contribution < -0.4 is 16.0 Å². The van der Waals surface area contributed by atoms with E-state index in [1.807, 2.05) is 0 Å². The summed E-state index contributed by atoms with van der Waals surface area (Å²) >= 11 is 0. The van der Waals surface area contributed by atoms with Crippen LogP contribution in [0.25, 0.3) is 0 Å². The molecule has 2 amide bonds. The van der Waals surface area contributed by atoms with Gasteiger partial charge in [-0.25, -0.2) is 0 Å². The molecule has 0 bridgehead atoms. The number of carbonyl (C=O) groups is 2. The first-order valence-electron chi connectivity index (χ1n) is 7.96. The van der Waals surface area contributed by atoms with Crippen molar-refractivity contribution in [1.82, 2.24) is 15.6 Å². The summed E-state index contributed by atoms with van der Waals surface area (Å²) in [7, 11) is 0. The van der Waals surface area contributed by atoms with Crippen LogP contribution in [0.4, 0.5) is 5.69 Å². The van der Waals surface area contributed by atoms with Gasteiger partial charge in [-0.05, 0) is 37.3 Å². The fourth-order valence-electron chi connectivity index (χ4n) is 3.45. The van der Waals surface area contributed by atoms with Crippen molar-refractivity contribution >= 4 is 42.3 Å². The molecule has 0 radical (unpaired) electrons. The lowest BCUT2D eigenvalue weighted by molar-refractivity contribution is -0.125. The maximum Gasteiger partial charge on any atom is 0.243 e. The minimum absolute atomic E-state index is 0. The minimum Gasteiger partial charge on any atom is -0.346 e. The van der Waals surface area contributed by atoms with Crippen molar-refractivity contribution in [3.8, 4) is 0 Å². The number of anilines is 1. The van der Waals surface area contributed by atoms with Gasteiger partial charge in [0.15, 0.2) is 0 Å². The molecule has 134 valence electrons. The lowest BCUT2D eigenvalue weighted by Gasteiger charge is -2.24. The van der Waals surface area contributed by atoms with Crippen molar-refractivity contribution in [3.63, 3.8) is 0 Å². The highest BCUT2D eigenvalue weighted by Gasteiger charge is 2.38. The van der Waals surface area contributed by atoms with Gasteiger partial charge in [0, 0.05) is 12.2 Å². The van der Waals surface area contributed by atoms with E-state index in [2.05, 4.69) is 20.9 Å². The van der Waals surface area contributed by atoms with Gasteiger partial charge in [0.1, 0.15) is 0 Å². The zero-order valence-corrected chi connectivity index (χ0v) is 15.0. The molecular weight excluding hydrogens is 351 g/mol. The molecule has 2 heterocycles. The molecule has 3 N–H and O–H groups in total. The fourth-order valence-corrected chi connectivity index (χ4v) is 3.45. The van der Waals surface area contributed by atoms with Gasteiger partial charge >= 0.3 is 0 Å². The molecule has 24 heavy (non-hydrogen) atoms. The molecular formula is C16H24Cl2N4O2.